The van der Waals surface area contributed by atoms with Crippen molar-refractivity contribution in [3.05, 3.63) is 52.0 Å². The molecule has 0 radical (unpaired) electrons. The summed E-state index contributed by atoms with van der Waals surface area (Å²) in [4.78, 5) is 4.41. The monoisotopic (exact) mass is 261 g/mol. The van der Waals surface area contributed by atoms with Crippen molar-refractivity contribution in [2.75, 3.05) is 6.54 Å². The molecular weight excluding hydrogens is 242 g/mol. The van der Waals surface area contributed by atoms with Crippen LogP contribution in [-0.4, -0.2) is 17.6 Å². The van der Waals surface area contributed by atoms with E-state index in [1.807, 2.05) is 25.1 Å². The van der Waals surface area contributed by atoms with Crippen molar-refractivity contribution >= 4 is 11.3 Å². The number of hydrogen-bond donors (Lipinski definition) is 2. The van der Waals surface area contributed by atoms with Gasteiger partial charge in [0.25, 0.3) is 0 Å². The lowest BCUT2D eigenvalue weighted by Gasteiger charge is -2.12. The van der Waals surface area contributed by atoms with Crippen LogP contribution in [-0.2, 0) is 13.0 Å². The van der Waals surface area contributed by atoms with Gasteiger partial charge in [-0.25, -0.2) is 4.98 Å². The predicted octanol–water partition coefficient (Wildman–Crippen LogP) is 2.11. The van der Waals surface area contributed by atoms with Crippen LogP contribution in [0.25, 0.3) is 0 Å². The largest absolute Gasteiger partial charge is 0.326 e. The Bertz CT molecular complexity index is 467. The van der Waals surface area contributed by atoms with Crippen LogP contribution in [0.4, 0.5) is 0 Å². The molecule has 0 aliphatic carbocycles. The van der Waals surface area contributed by atoms with E-state index in [9.17, 15) is 0 Å². The number of aromatic nitrogens is 1. The van der Waals surface area contributed by atoms with Crippen molar-refractivity contribution in [2.24, 2.45) is 5.73 Å². The van der Waals surface area contributed by atoms with E-state index in [1.54, 1.807) is 11.3 Å². The minimum absolute atomic E-state index is 0.147. The first-order valence-corrected chi connectivity index (χ1v) is 7.03. The van der Waals surface area contributed by atoms with Crippen molar-refractivity contribution in [3.8, 4) is 0 Å². The Balaban J connectivity index is 1.70. The first-order chi connectivity index (χ1) is 8.74. The molecule has 3 N–H and O–H groups in total. The van der Waals surface area contributed by atoms with E-state index in [2.05, 4.69) is 27.8 Å². The van der Waals surface area contributed by atoms with Crippen LogP contribution in [0, 0.1) is 6.92 Å². The maximum absolute atomic E-state index is 6.10. The van der Waals surface area contributed by atoms with Gasteiger partial charge in [0.05, 0.1) is 0 Å². The number of nitrogens with two attached hydrogens (primary N) is 1. The summed E-state index contributed by atoms with van der Waals surface area (Å²) in [6, 6.07) is 10.5. The molecule has 1 atom stereocenters. The molecule has 1 heterocycles. The third-order valence-corrected chi connectivity index (χ3v) is 3.66. The molecule has 2 rings (SSSR count). The maximum Gasteiger partial charge on any atom is 0.107 e. The minimum atomic E-state index is 0.147. The second-order valence-electron chi connectivity index (χ2n) is 4.46. The van der Waals surface area contributed by atoms with Crippen molar-refractivity contribution < 1.29 is 0 Å². The summed E-state index contributed by atoms with van der Waals surface area (Å²) in [7, 11) is 0. The quantitative estimate of drug-likeness (QED) is 0.837. The molecule has 1 unspecified atom stereocenters. The SMILES string of the molecule is Cc1csc(CNCC(N)Cc2ccccc2)n1. The van der Waals surface area contributed by atoms with Gasteiger partial charge in [-0.3, -0.25) is 0 Å². The Morgan fingerprint density at radius 1 is 1.33 bits per heavy atom. The van der Waals surface area contributed by atoms with Crippen molar-refractivity contribution in [2.45, 2.75) is 25.9 Å². The molecule has 0 aliphatic rings. The average Bonchev–Trinajstić information content (AvgIpc) is 2.76. The Labute approximate surface area is 112 Å². The molecule has 18 heavy (non-hydrogen) atoms. The smallest absolute Gasteiger partial charge is 0.107 e. The number of nitrogens with one attached hydrogen (secondary N) is 1. The van der Waals surface area contributed by atoms with Crippen LogP contribution in [0.3, 0.4) is 0 Å². The molecule has 1 aromatic heterocycles. The standard InChI is InChI=1S/C14H19N3S/c1-11-10-18-14(17-11)9-16-8-13(15)7-12-5-3-2-4-6-12/h2-6,10,13,16H,7-9,15H2,1H3. The third kappa shape index (κ3) is 4.22. The van der Waals surface area contributed by atoms with Gasteiger partial charge in [0.1, 0.15) is 5.01 Å². The Kier molecular flexibility index (Phi) is 4.87. The molecule has 96 valence electrons. The van der Waals surface area contributed by atoms with Crippen molar-refractivity contribution in [1.82, 2.24) is 10.3 Å². The number of nitrogens with zero attached hydrogens (tertiary/aromatic N) is 1. The van der Waals surface area contributed by atoms with Crippen LogP contribution in [0.2, 0.25) is 0 Å². The van der Waals surface area contributed by atoms with Crippen molar-refractivity contribution in [3.63, 3.8) is 0 Å². The minimum Gasteiger partial charge on any atom is -0.326 e. The second kappa shape index (κ2) is 6.64. The molecule has 0 fully saturated rings. The van der Waals surface area contributed by atoms with Gasteiger partial charge in [-0.1, -0.05) is 30.3 Å². The fraction of sp³-hybridized carbons (Fsp3) is 0.357. The van der Waals surface area contributed by atoms with E-state index < -0.39 is 0 Å². The first kappa shape index (κ1) is 13.2. The summed E-state index contributed by atoms with van der Waals surface area (Å²) in [5, 5.41) is 6.55. The highest BCUT2D eigenvalue weighted by Crippen LogP contribution is 2.08. The third-order valence-electron chi connectivity index (χ3n) is 2.69. The summed E-state index contributed by atoms with van der Waals surface area (Å²) in [5.41, 5.74) is 8.47. The first-order valence-electron chi connectivity index (χ1n) is 6.15. The average molecular weight is 261 g/mol. The number of hydrogen-bond acceptors (Lipinski definition) is 4. The van der Waals surface area contributed by atoms with Crippen LogP contribution in [0.5, 0.6) is 0 Å². The van der Waals surface area contributed by atoms with E-state index in [0.29, 0.717) is 0 Å². The lowest BCUT2D eigenvalue weighted by atomic mass is 10.1. The number of benzene rings is 1. The highest BCUT2D eigenvalue weighted by Gasteiger charge is 2.04. The fourth-order valence-electron chi connectivity index (χ4n) is 1.84. The summed E-state index contributed by atoms with van der Waals surface area (Å²) >= 11 is 1.69. The van der Waals surface area contributed by atoms with E-state index in [-0.39, 0.29) is 6.04 Å². The molecule has 0 spiro atoms. The zero-order valence-corrected chi connectivity index (χ0v) is 11.4. The topological polar surface area (TPSA) is 50.9 Å². The van der Waals surface area contributed by atoms with E-state index in [0.717, 1.165) is 30.2 Å². The molecule has 0 saturated carbocycles. The summed E-state index contributed by atoms with van der Waals surface area (Å²) in [6.07, 6.45) is 0.907. The lowest BCUT2D eigenvalue weighted by Crippen LogP contribution is -2.35. The van der Waals surface area contributed by atoms with Crippen molar-refractivity contribution in [1.29, 1.82) is 0 Å². The molecule has 4 heteroatoms. The molecule has 0 saturated heterocycles. The Morgan fingerprint density at radius 3 is 2.78 bits per heavy atom. The maximum atomic E-state index is 6.10. The lowest BCUT2D eigenvalue weighted by molar-refractivity contribution is 0.572. The molecule has 3 nitrogen and oxygen atoms in total. The molecule has 1 aromatic carbocycles. The summed E-state index contributed by atoms with van der Waals surface area (Å²) < 4.78 is 0. The van der Waals surface area contributed by atoms with Gasteiger partial charge < -0.3 is 11.1 Å². The van der Waals surface area contributed by atoms with E-state index in [1.165, 1.54) is 5.56 Å². The van der Waals surface area contributed by atoms with Crippen LogP contribution in [0.1, 0.15) is 16.3 Å². The van der Waals surface area contributed by atoms with E-state index in [4.69, 9.17) is 5.73 Å². The van der Waals surface area contributed by atoms with Gasteiger partial charge in [-0.2, -0.15) is 0 Å². The molecule has 0 amide bonds. The number of thiazole rings is 1. The number of aryl methyl sites for hydroxylation is 1. The van der Waals surface area contributed by atoms with Crippen LogP contribution in [0.15, 0.2) is 35.7 Å². The van der Waals surface area contributed by atoms with E-state index >= 15 is 0 Å². The molecule has 0 bridgehead atoms. The molecular formula is C14H19N3S. The number of rotatable bonds is 6. The van der Waals surface area contributed by atoms with Gasteiger partial charge in [0, 0.05) is 30.2 Å². The van der Waals surface area contributed by atoms with Gasteiger partial charge in [0.15, 0.2) is 0 Å². The van der Waals surface area contributed by atoms with Gasteiger partial charge in [-0.05, 0) is 18.9 Å². The zero-order chi connectivity index (χ0) is 12.8. The highest BCUT2D eigenvalue weighted by molar-refractivity contribution is 7.09. The second-order valence-corrected chi connectivity index (χ2v) is 5.41. The van der Waals surface area contributed by atoms with Gasteiger partial charge in [-0.15, -0.1) is 11.3 Å². The van der Waals surface area contributed by atoms with Gasteiger partial charge in [0.2, 0.25) is 0 Å². The highest BCUT2D eigenvalue weighted by atomic mass is 32.1. The van der Waals surface area contributed by atoms with Crippen LogP contribution >= 0.6 is 11.3 Å². The van der Waals surface area contributed by atoms with Gasteiger partial charge >= 0.3 is 0 Å². The predicted molar refractivity (Wildman–Crippen MR) is 76.7 cm³/mol. The Hall–Kier alpha value is -1.23. The zero-order valence-electron chi connectivity index (χ0n) is 10.6. The molecule has 0 aliphatic heterocycles. The van der Waals surface area contributed by atoms with Crippen LogP contribution < -0.4 is 11.1 Å². The normalized spacial score (nSPS) is 12.6. The fourth-order valence-corrected chi connectivity index (χ4v) is 2.58. The Morgan fingerprint density at radius 2 is 2.11 bits per heavy atom. The molecule has 2 aromatic rings. The summed E-state index contributed by atoms with van der Waals surface area (Å²) in [5.74, 6) is 0. The summed E-state index contributed by atoms with van der Waals surface area (Å²) in [6.45, 7) is 3.63.